The van der Waals surface area contributed by atoms with Gasteiger partial charge in [-0.3, -0.25) is 0 Å². The van der Waals surface area contributed by atoms with Crippen molar-refractivity contribution < 1.29 is 0 Å². The molecular formula is C12H12Cl2N2S. The standard InChI is InChI=1S/C12H12Cl2N2S/c1-7(15-2)12-16-11(6-17-12)9-5-8(13)3-4-10(9)14/h3-7,15H,1-2H3. The van der Waals surface area contributed by atoms with E-state index in [2.05, 4.69) is 17.2 Å². The van der Waals surface area contributed by atoms with Crippen LogP contribution in [0.2, 0.25) is 10.0 Å². The lowest BCUT2D eigenvalue weighted by Gasteiger charge is -2.05. The fourth-order valence-electron chi connectivity index (χ4n) is 1.43. The minimum Gasteiger partial charge on any atom is -0.311 e. The Labute approximate surface area is 115 Å². The molecule has 1 heterocycles. The fourth-order valence-corrected chi connectivity index (χ4v) is 2.70. The topological polar surface area (TPSA) is 24.9 Å². The van der Waals surface area contributed by atoms with Crippen molar-refractivity contribution in [3.63, 3.8) is 0 Å². The molecule has 0 radical (unpaired) electrons. The Morgan fingerprint density at radius 2 is 2.12 bits per heavy atom. The molecule has 5 heteroatoms. The quantitative estimate of drug-likeness (QED) is 0.905. The highest BCUT2D eigenvalue weighted by Gasteiger charge is 2.12. The van der Waals surface area contributed by atoms with E-state index in [1.807, 2.05) is 18.5 Å². The molecular weight excluding hydrogens is 275 g/mol. The zero-order valence-corrected chi connectivity index (χ0v) is 11.8. The third kappa shape index (κ3) is 2.80. The number of nitrogens with one attached hydrogen (secondary N) is 1. The maximum atomic E-state index is 6.14. The minimum atomic E-state index is 0.242. The Kier molecular flexibility index (Phi) is 4.05. The van der Waals surface area contributed by atoms with Gasteiger partial charge in [-0.05, 0) is 32.2 Å². The van der Waals surface area contributed by atoms with Crippen molar-refractivity contribution >= 4 is 34.5 Å². The Balaban J connectivity index is 2.40. The number of nitrogens with zero attached hydrogens (tertiary/aromatic N) is 1. The summed E-state index contributed by atoms with van der Waals surface area (Å²) in [4.78, 5) is 4.57. The molecule has 0 spiro atoms. The number of hydrogen-bond acceptors (Lipinski definition) is 3. The average molecular weight is 287 g/mol. The fraction of sp³-hybridized carbons (Fsp3) is 0.250. The van der Waals surface area contributed by atoms with Crippen LogP contribution < -0.4 is 5.32 Å². The molecule has 2 aromatic rings. The van der Waals surface area contributed by atoms with Crippen LogP contribution in [0.25, 0.3) is 11.3 Å². The van der Waals surface area contributed by atoms with Crippen molar-refractivity contribution in [2.24, 2.45) is 0 Å². The minimum absolute atomic E-state index is 0.242. The van der Waals surface area contributed by atoms with Gasteiger partial charge in [-0.1, -0.05) is 23.2 Å². The van der Waals surface area contributed by atoms with Crippen molar-refractivity contribution in [1.82, 2.24) is 10.3 Å². The van der Waals surface area contributed by atoms with Gasteiger partial charge in [0.05, 0.1) is 16.8 Å². The number of thiazole rings is 1. The van der Waals surface area contributed by atoms with Gasteiger partial charge in [-0.15, -0.1) is 11.3 Å². The van der Waals surface area contributed by atoms with Crippen molar-refractivity contribution in [3.05, 3.63) is 38.6 Å². The monoisotopic (exact) mass is 286 g/mol. The molecule has 0 saturated carbocycles. The lowest BCUT2D eigenvalue weighted by Crippen LogP contribution is -2.11. The molecule has 1 unspecified atom stereocenters. The first-order valence-corrected chi connectivity index (χ1v) is 6.83. The summed E-state index contributed by atoms with van der Waals surface area (Å²) in [6, 6.07) is 5.65. The molecule has 90 valence electrons. The van der Waals surface area contributed by atoms with Crippen LogP contribution in [0.4, 0.5) is 0 Å². The summed E-state index contributed by atoms with van der Waals surface area (Å²) < 4.78 is 0. The molecule has 0 saturated heterocycles. The molecule has 0 fully saturated rings. The molecule has 1 aromatic carbocycles. The van der Waals surface area contributed by atoms with E-state index in [1.54, 1.807) is 23.5 Å². The lowest BCUT2D eigenvalue weighted by atomic mass is 10.2. The predicted molar refractivity (Wildman–Crippen MR) is 75.0 cm³/mol. The number of hydrogen-bond donors (Lipinski definition) is 1. The molecule has 17 heavy (non-hydrogen) atoms. The molecule has 1 atom stereocenters. The molecule has 0 amide bonds. The van der Waals surface area contributed by atoms with Gasteiger partial charge in [0.25, 0.3) is 0 Å². The Morgan fingerprint density at radius 1 is 1.35 bits per heavy atom. The molecule has 0 aliphatic carbocycles. The van der Waals surface area contributed by atoms with Crippen molar-refractivity contribution in [3.8, 4) is 11.3 Å². The summed E-state index contributed by atoms with van der Waals surface area (Å²) in [6.07, 6.45) is 0. The van der Waals surface area contributed by atoms with E-state index in [1.165, 1.54) is 0 Å². The smallest absolute Gasteiger partial charge is 0.110 e. The first kappa shape index (κ1) is 12.8. The highest BCUT2D eigenvalue weighted by atomic mass is 35.5. The highest BCUT2D eigenvalue weighted by molar-refractivity contribution is 7.10. The normalized spacial score (nSPS) is 12.7. The first-order chi connectivity index (χ1) is 8.11. The summed E-state index contributed by atoms with van der Waals surface area (Å²) in [6.45, 7) is 2.07. The van der Waals surface area contributed by atoms with E-state index in [4.69, 9.17) is 23.2 Å². The van der Waals surface area contributed by atoms with E-state index in [0.29, 0.717) is 10.0 Å². The van der Waals surface area contributed by atoms with Crippen LogP contribution >= 0.6 is 34.5 Å². The van der Waals surface area contributed by atoms with E-state index in [9.17, 15) is 0 Å². The molecule has 0 bridgehead atoms. The van der Waals surface area contributed by atoms with Crippen LogP contribution in [0.15, 0.2) is 23.6 Å². The lowest BCUT2D eigenvalue weighted by molar-refractivity contribution is 0.648. The van der Waals surface area contributed by atoms with Crippen LogP contribution in [-0.2, 0) is 0 Å². The van der Waals surface area contributed by atoms with Crippen molar-refractivity contribution in [2.45, 2.75) is 13.0 Å². The van der Waals surface area contributed by atoms with Crippen LogP contribution in [0, 0.1) is 0 Å². The molecule has 1 aromatic heterocycles. The zero-order chi connectivity index (χ0) is 12.4. The van der Waals surface area contributed by atoms with Gasteiger partial charge < -0.3 is 5.32 Å². The van der Waals surface area contributed by atoms with Crippen LogP contribution in [-0.4, -0.2) is 12.0 Å². The summed E-state index contributed by atoms with van der Waals surface area (Å²) in [5.74, 6) is 0. The predicted octanol–water partition coefficient (Wildman–Crippen LogP) is 4.40. The van der Waals surface area contributed by atoms with Gasteiger partial charge in [-0.2, -0.15) is 0 Å². The summed E-state index contributed by atoms with van der Waals surface area (Å²) in [5, 5.41) is 7.54. The third-order valence-corrected chi connectivity index (χ3v) is 4.12. The maximum absolute atomic E-state index is 6.14. The summed E-state index contributed by atoms with van der Waals surface area (Å²) in [7, 11) is 1.91. The van der Waals surface area contributed by atoms with E-state index < -0.39 is 0 Å². The van der Waals surface area contributed by atoms with E-state index >= 15 is 0 Å². The Hall–Kier alpha value is -0.610. The van der Waals surface area contributed by atoms with Crippen LogP contribution in [0.5, 0.6) is 0 Å². The van der Waals surface area contributed by atoms with E-state index in [-0.39, 0.29) is 6.04 Å². The van der Waals surface area contributed by atoms with Gasteiger partial charge in [0.2, 0.25) is 0 Å². The highest BCUT2D eigenvalue weighted by Crippen LogP contribution is 2.32. The van der Waals surface area contributed by atoms with Gasteiger partial charge in [0.15, 0.2) is 0 Å². The largest absolute Gasteiger partial charge is 0.311 e. The van der Waals surface area contributed by atoms with Gasteiger partial charge in [0.1, 0.15) is 5.01 Å². The number of benzene rings is 1. The average Bonchev–Trinajstić information content (AvgIpc) is 2.80. The molecule has 2 rings (SSSR count). The number of halogens is 2. The van der Waals surface area contributed by atoms with E-state index in [0.717, 1.165) is 16.3 Å². The summed E-state index contributed by atoms with van der Waals surface area (Å²) in [5.41, 5.74) is 1.75. The first-order valence-electron chi connectivity index (χ1n) is 5.20. The number of aromatic nitrogens is 1. The zero-order valence-electron chi connectivity index (χ0n) is 9.50. The number of rotatable bonds is 3. The van der Waals surface area contributed by atoms with Gasteiger partial charge >= 0.3 is 0 Å². The van der Waals surface area contributed by atoms with Gasteiger partial charge in [-0.25, -0.2) is 4.98 Å². The van der Waals surface area contributed by atoms with Gasteiger partial charge in [0, 0.05) is 16.0 Å². The maximum Gasteiger partial charge on any atom is 0.110 e. The van der Waals surface area contributed by atoms with Crippen molar-refractivity contribution in [1.29, 1.82) is 0 Å². The second-order valence-electron chi connectivity index (χ2n) is 3.71. The Bertz CT molecular complexity index is 525. The molecule has 0 aliphatic heterocycles. The second kappa shape index (κ2) is 5.36. The molecule has 1 N–H and O–H groups in total. The van der Waals surface area contributed by atoms with Crippen LogP contribution in [0.1, 0.15) is 18.0 Å². The van der Waals surface area contributed by atoms with Crippen molar-refractivity contribution in [2.75, 3.05) is 7.05 Å². The Morgan fingerprint density at radius 3 is 2.82 bits per heavy atom. The second-order valence-corrected chi connectivity index (χ2v) is 5.44. The third-order valence-electron chi connectivity index (χ3n) is 2.53. The molecule has 2 nitrogen and oxygen atoms in total. The molecule has 0 aliphatic rings. The SMILES string of the molecule is CNC(C)c1nc(-c2cc(Cl)ccc2Cl)cs1. The summed E-state index contributed by atoms with van der Waals surface area (Å²) >= 11 is 13.7. The van der Waals surface area contributed by atoms with Crippen LogP contribution in [0.3, 0.4) is 0 Å².